The van der Waals surface area contributed by atoms with Gasteiger partial charge < -0.3 is 5.32 Å². The van der Waals surface area contributed by atoms with Gasteiger partial charge in [-0.25, -0.2) is 0 Å². The topological polar surface area (TPSA) is 15.3 Å². The maximum absolute atomic E-state index is 3.44. The van der Waals surface area contributed by atoms with Crippen LogP contribution < -0.4 is 5.32 Å². The van der Waals surface area contributed by atoms with Gasteiger partial charge in [-0.15, -0.1) is 0 Å². The number of piperidine rings is 1. The number of hydrogen-bond acceptors (Lipinski definition) is 4. The van der Waals surface area contributed by atoms with Gasteiger partial charge in [0.05, 0.1) is 0 Å². The van der Waals surface area contributed by atoms with Crippen LogP contribution >= 0.6 is 23.5 Å². The first-order valence-corrected chi connectivity index (χ1v) is 8.71. The van der Waals surface area contributed by atoms with E-state index in [0.29, 0.717) is 0 Å². The second-order valence-corrected chi connectivity index (χ2v) is 7.34. The third-order valence-corrected chi connectivity index (χ3v) is 6.07. The Morgan fingerprint density at radius 3 is 2.94 bits per heavy atom. The zero-order chi connectivity index (χ0) is 11.2. The summed E-state index contributed by atoms with van der Waals surface area (Å²) in [5.41, 5.74) is 0. The van der Waals surface area contributed by atoms with Crippen molar-refractivity contribution < 1.29 is 0 Å². The fourth-order valence-corrected chi connectivity index (χ4v) is 4.72. The van der Waals surface area contributed by atoms with Crippen molar-refractivity contribution in [1.29, 1.82) is 0 Å². The minimum atomic E-state index is 0.798. The number of nitrogens with one attached hydrogen (secondary N) is 1. The molecule has 94 valence electrons. The molecule has 0 saturated carbocycles. The Hall–Kier alpha value is 0.620. The normalized spacial score (nSPS) is 29.4. The summed E-state index contributed by atoms with van der Waals surface area (Å²) in [4.78, 5) is 2.67. The standard InChI is InChI=1S/C12H24N2S2/c1-11-10-15-8-6-14(11)7-9-16-12-2-4-13-5-3-12/h11-13H,2-10H2,1H3. The Balaban J connectivity index is 1.59. The summed E-state index contributed by atoms with van der Waals surface area (Å²) >= 11 is 4.32. The van der Waals surface area contributed by atoms with Crippen LogP contribution in [-0.4, -0.2) is 59.6 Å². The van der Waals surface area contributed by atoms with E-state index >= 15 is 0 Å². The molecule has 0 aliphatic carbocycles. The molecule has 2 aliphatic heterocycles. The number of rotatable bonds is 4. The number of nitrogens with zero attached hydrogens (tertiary/aromatic N) is 1. The maximum atomic E-state index is 3.44. The molecule has 1 unspecified atom stereocenters. The van der Waals surface area contributed by atoms with Crippen molar-refractivity contribution in [2.75, 3.05) is 43.4 Å². The summed E-state index contributed by atoms with van der Waals surface area (Å²) in [6.45, 7) is 7.44. The summed E-state index contributed by atoms with van der Waals surface area (Å²) in [6, 6.07) is 0.798. The molecule has 2 rings (SSSR count). The van der Waals surface area contributed by atoms with Crippen molar-refractivity contribution >= 4 is 23.5 Å². The molecule has 1 atom stereocenters. The van der Waals surface area contributed by atoms with E-state index in [9.17, 15) is 0 Å². The van der Waals surface area contributed by atoms with Crippen molar-refractivity contribution in [3.8, 4) is 0 Å². The summed E-state index contributed by atoms with van der Waals surface area (Å²) < 4.78 is 0. The fourth-order valence-electron chi connectivity index (χ4n) is 2.39. The molecular formula is C12H24N2S2. The van der Waals surface area contributed by atoms with Crippen molar-refractivity contribution in [3.05, 3.63) is 0 Å². The van der Waals surface area contributed by atoms with Gasteiger partial charge in [0, 0.05) is 41.6 Å². The van der Waals surface area contributed by atoms with Crippen LogP contribution in [0.4, 0.5) is 0 Å². The number of thioether (sulfide) groups is 2. The fraction of sp³-hybridized carbons (Fsp3) is 1.00. The molecule has 0 radical (unpaired) electrons. The molecule has 2 fully saturated rings. The van der Waals surface area contributed by atoms with E-state index < -0.39 is 0 Å². The molecule has 0 amide bonds. The highest BCUT2D eigenvalue weighted by molar-refractivity contribution is 8.00. The van der Waals surface area contributed by atoms with Crippen LogP contribution in [0.2, 0.25) is 0 Å². The van der Waals surface area contributed by atoms with Gasteiger partial charge in [0.15, 0.2) is 0 Å². The molecule has 0 aromatic rings. The molecule has 0 aromatic carbocycles. The second kappa shape index (κ2) is 7.14. The molecule has 16 heavy (non-hydrogen) atoms. The summed E-state index contributed by atoms with van der Waals surface area (Å²) in [5.74, 6) is 4.00. The monoisotopic (exact) mass is 260 g/mol. The van der Waals surface area contributed by atoms with Gasteiger partial charge in [0.2, 0.25) is 0 Å². The van der Waals surface area contributed by atoms with Crippen molar-refractivity contribution in [2.45, 2.75) is 31.1 Å². The van der Waals surface area contributed by atoms with Crippen LogP contribution in [0.5, 0.6) is 0 Å². The van der Waals surface area contributed by atoms with Gasteiger partial charge >= 0.3 is 0 Å². The molecule has 1 N–H and O–H groups in total. The second-order valence-electron chi connectivity index (χ2n) is 4.78. The van der Waals surface area contributed by atoms with Gasteiger partial charge in [-0.05, 0) is 32.9 Å². The molecule has 2 heterocycles. The van der Waals surface area contributed by atoms with E-state index in [4.69, 9.17) is 0 Å². The van der Waals surface area contributed by atoms with E-state index in [-0.39, 0.29) is 0 Å². The SMILES string of the molecule is CC1CSCCN1CCSC1CCNCC1. The Bertz CT molecular complexity index is 195. The van der Waals surface area contributed by atoms with Crippen LogP contribution in [0.3, 0.4) is 0 Å². The number of hydrogen-bond donors (Lipinski definition) is 1. The molecule has 2 saturated heterocycles. The minimum absolute atomic E-state index is 0.798. The Morgan fingerprint density at radius 2 is 2.19 bits per heavy atom. The lowest BCUT2D eigenvalue weighted by atomic mass is 10.2. The third kappa shape index (κ3) is 4.13. The molecule has 0 spiro atoms. The maximum Gasteiger partial charge on any atom is 0.0158 e. The quantitative estimate of drug-likeness (QED) is 0.830. The van der Waals surface area contributed by atoms with E-state index in [0.717, 1.165) is 11.3 Å². The van der Waals surface area contributed by atoms with Gasteiger partial charge in [-0.1, -0.05) is 0 Å². The predicted molar refractivity (Wildman–Crippen MR) is 76.7 cm³/mol. The van der Waals surface area contributed by atoms with Crippen molar-refractivity contribution in [3.63, 3.8) is 0 Å². The van der Waals surface area contributed by atoms with Gasteiger partial charge in [-0.3, -0.25) is 4.90 Å². The molecule has 2 aliphatic rings. The summed E-state index contributed by atoms with van der Waals surface area (Å²) in [5, 5.41) is 4.36. The largest absolute Gasteiger partial charge is 0.317 e. The Morgan fingerprint density at radius 1 is 1.38 bits per heavy atom. The zero-order valence-corrected chi connectivity index (χ0v) is 11.9. The van der Waals surface area contributed by atoms with Crippen LogP contribution in [0.25, 0.3) is 0 Å². The van der Waals surface area contributed by atoms with E-state index in [2.05, 4.69) is 40.7 Å². The smallest absolute Gasteiger partial charge is 0.0158 e. The zero-order valence-electron chi connectivity index (χ0n) is 10.3. The third-order valence-electron chi connectivity index (χ3n) is 3.52. The highest BCUT2D eigenvalue weighted by Gasteiger charge is 2.19. The van der Waals surface area contributed by atoms with Crippen LogP contribution in [-0.2, 0) is 0 Å². The molecule has 0 aromatic heterocycles. The molecule has 0 bridgehead atoms. The highest BCUT2D eigenvalue weighted by Crippen LogP contribution is 2.21. The molecule has 2 nitrogen and oxygen atoms in total. The Labute approximate surface area is 108 Å². The first kappa shape index (κ1) is 13.1. The first-order valence-electron chi connectivity index (χ1n) is 6.50. The summed E-state index contributed by atoms with van der Waals surface area (Å²) in [6.07, 6.45) is 2.74. The first-order chi connectivity index (χ1) is 7.86. The summed E-state index contributed by atoms with van der Waals surface area (Å²) in [7, 11) is 0. The van der Waals surface area contributed by atoms with Crippen LogP contribution in [0, 0.1) is 0 Å². The van der Waals surface area contributed by atoms with Gasteiger partial charge in [0.25, 0.3) is 0 Å². The van der Waals surface area contributed by atoms with Gasteiger partial charge in [-0.2, -0.15) is 23.5 Å². The molecule has 4 heteroatoms. The highest BCUT2D eigenvalue weighted by atomic mass is 32.2. The Kier molecular flexibility index (Phi) is 5.83. The van der Waals surface area contributed by atoms with Crippen molar-refractivity contribution in [1.82, 2.24) is 10.2 Å². The lowest BCUT2D eigenvalue weighted by Crippen LogP contribution is -2.41. The van der Waals surface area contributed by atoms with E-state index in [1.807, 2.05) is 0 Å². The van der Waals surface area contributed by atoms with E-state index in [1.165, 1.54) is 56.3 Å². The van der Waals surface area contributed by atoms with Crippen LogP contribution in [0.15, 0.2) is 0 Å². The average Bonchev–Trinajstić information content (AvgIpc) is 2.33. The molecular weight excluding hydrogens is 236 g/mol. The minimum Gasteiger partial charge on any atom is -0.317 e. The van der Waals surface area contributed by atoms with E-state index in [1.54, 1.807) is 0 Å². The van der Waals surface area contributed by atoms with Crippen LogP contribution in [0.1, 0.15) is 19.8 Å². The lowest BCUT2D eigenvalue weighted by Gasteiger charge is -2.33. The van der Waals surface area contributed by atoms with Crippen molar-refractivity contribution in [2.24, 2.45) is 0 Å². The predicted octanol–water partition coefficient (Wildman–Crippen LogP) is 1.91. The lowest BCUT2D eigenvalue weighted by molar-refractivity contribution is 0.247. The average molecular weight is 260 g/mol. The van der Waals surface area contributed by atoms with Gasteiger partial charge in [0.1, 0.15) is 0 Å².